The Kier molecular flexibility index (Phi) is 5.77. The fraction of sp³-hybridized carbons (Fsp3) is 0.263. The van der Waals surface area contributed by atoms with Crippen LogP contribution in [-0.4, -0.2) is 35.2 Å². The summed E-state index contributed by atoms with van der Waals surface area (Å²) in [6.45, 7) is 1.28. The van der Waals surface area contributed by atoms with Gasteiger partial charge in [0.15, 0.2) is 17.2 Å². The SMILES string of the molecule is COc1cccc(CN(Cc2ccco2)Cc2nc(C(=O)O)co2)c1OC. The third kappa shape index (κ3) is 4.48. The Morgan fingerprint density at radius 2 is 1.96 bits per heavy atom. The van der Waals surface area contributed by atoms with Crippen molar-refractivity contribution >= 4 is 5.97 Å². The molecule has 0 aliphatic rings. The van der Waals surface area contributed by atoms with E-state index in [1.807, 2.05) is 35.2 Å². The van der Waals surface area contributed by atoms with E-state index in [-0.39, 0.29) is 5.69 Å². The predicted molar refractivity (Wildman–Crippen MR) is 94.7 cm³/mol. The molecule has 0 unspecified atom stereocenters. The van der Waals surface area contributed by atoms with Crippen molar-refractivity contribution in [3.8, 4) is 11.5 Å². The lowest BCUT2D eigenvalue weighted by molar-refractivity contribution is 0.0690. The maximum absolute atomic E-state index is 11.0. The molecule has 27 heavy (non-hydrogen) atoms. The van der Waals surface area contributed by atoms with Crippen LogP contribution in [0, 0.1) is 0 Å². The Morgan fingerprint density at radius 3 is 2.59 bits per heavy atom. The van der Waals surface area contributed by atoms with Gasteiger partial charge in [-0.3, -0.25) is 4.90 Å². The van der Waals surface area contributed by atoms with Gasteiger partial charge in [-0.2, -0.15) is 0 Å². The number of carbonyl (C=O) groups is 1. The number of ether oxygens (including phenoxy) is 2. The van der Waals surface area contributed by atoms with Gasteiger partial charge in [0.05, 0.1) is 33.6 Å². The summed E-state index contributed by atoms with van der Waals surface area (Å²) in [5.41, 5.74) is 0.787. The standard InChI is InChI=1S/C19H20N2O6/c1-24-16-7-3-5-13(18(16)25-2)9-21(10-14-6-4-8-26-14)11-17-20-15(12-27-17)19(22)23/h3-8,12H,9-11H2,1-2H3,(H,22,23). The van der Waals surface area contributed by atoms with E-state index in [4.69, 9.17) is 23.4 Å². The summed E-state index contributed by atoms with van der Waals surface area (Å²) < 4.78 is 21.6. The number of hydrogen-bond acceptors (Lipinski definition) is 7. The Morgan fingerprint density at radius 1 is 1.11 bits per heavy atom. The van der Waals surface area contributed by atoms with Crippen LogP contribution in [0.1, 0.15) is 27.7 Å². The van der Waals surface area contributed by atoms with Crippen LogP contribution in [0.5, 0.6) is 11.5 Å². The summed E-state index contributed by atoms with van der Waals surface area (Å²) in [5.74, 6) is 1.22. The molecule has 1 N–H and O–H groups in total. The number of rotatable bonds is 9. The van der Waals surface area contributed by atoms with Crippen LogP contribution < -0.4 is 9.47 Å². The molecule has 0 aliphatic heterocycles. The normalized spacial score (nSPS) is 10.9. The van der Waals surface area contributed by atoms with Crippen molar-refractivity contribution in [3.63, 3.8) is 0 Å². The summed E-state index contributed by atoms with van der Waals surface area (Å²) in [4.78, 5) is 17.0. The summed E-state index contributed by atoms with van der Waals surface area (Å²) >= 11 is 0. The molecule has 0 amide bonds. The van der Waals surface area contributed by atoms with Crippen LogP contribution >= 0.6 is 0 Å². The lowest BCUT2D eigenvalue weighted by atomic mass is 10.1. The number of aromatic nitrogens is 1. The summed E-state index contributed by atoms with van der Waals surface area (Å²) in [7, 11) is 3.17. The Balaban J connectivity index is 1.84. The van der Waals surface area contributed by atoms with Crippen molar-refractivity contribution in [3.05, 3.63) is 65.8 Å². The molecule has 0 spiro atoms. The number of carboxylic acids is 1. The molecular formula is C19H20N2O6. The Bertz CT molecular complexity index is 888. The molecule has 0 atom stereocenters. The first kappa shape index (κ1) is 18.5. The van der Waals surface area contributed by atoms with Crippen molar-refractivity contribution in [2.24, 2.45) is 0 Å². The number of hydrogen-bond donors (Lipinski definition) is 1. The van der Waals surface area contributed by atoms with E-state index in [9.17, 15) is 4.79 Å². The lowest BCUT2D eigenvalue weighted by Gasteiger charge is -2.21. The van der Waals surface area contributed by atoms with Gasteiger partial charge in [0.1, 0.15) is 12.0 Å². The first-order valence-electron chi connectivity index (χ1n) is 8.23. The summed E-state index contributed by atoms with van der Waals surface area (Å²) in [6, 6.07) is 9.33. The van der Waals surface area contributed by atoms with Crippen molar-refractivity contribution in [1.29, 1.82) is 0 Å². The van der Waals surface area contributed by atoms with Crippen LogP contribution in [0.15, 0.2) is 51.7 Å². The van der Waals surface area contributed by atoms with Gasteiger partial charge < -0.3 is 23.4 Å². The van der Waals surface area contributed by atoms with Crippen LogP contribution in [0.25, 0.3) is 0 Å². The molecule has 3 aromatic rings. The van der Waals surface area contributed by atoms with Gasteiger partial charge >= 0.3 is 5.97 Å². The third-order valence-electron chi connectivity index (χ3n) is 3.97. The van der Waals surface area contributed by atoms with Crippen molar-refractivity contribution in [2.45, 2.75) is 19.6 Å². The first-order chi connectivity index (χ1) is 13.1. The number of furan rings is 1. The molecule has 142 valence electrons. The zero-order chi connectivity index (χ0) is 19.2. The molecule has 0 fully saturated rings. The number of nitrogens with zero attached hydrogens (tertiary/aromatic N) is 2. The monoisotopic (exact) mass is 372 g/mol. The van der Waals surface area contributed by atoms with Gasteiger partial charge in [-0.25, -0.2) is 9.78 Å². The zero-order valence-corrected chi connectivity index (χ0v) is 15.0. The topological polar surface area (TPSA) is 98.2 Å². The predicted octanol–water partition coefficient (Wildman–Crippen LogP) is 3.19. The van der Waals surface area contributed by atoms with Crippen molar-refractivity contribution in [1.82, 2.24) is 9.88 Å². The number of benzene rings is 1. The highest BCUT2D eigenvalue weighted by molar-refractivity contribution is 5.84. The van der Waals surface area contributed by atoms with Crippen LogP contribution in [0.2, 0.25) is 0 Å². The van der Waals surface area contributed by atoms with E-state index in [0.717, 1.165) is 17.6 Å². The molecule has 0 aliphatic carbocycles. The number of aromatic carboxylic acids is 1. The second-order valence-electron chi connectivity index (χ2n) is 5.81. The third-order valence-corrected chi connectivity index (χ3v) is 3.97. The highest BCUT2D eigenvalue weighted by atomic mass is 16.5. The average molecular weight is 372 g/mol. The Hall–Kier alpha value is -3.26. The average Bonchev–Trinajstić information content (AvgIpc) is 3.33. The highest BCUT2D eigenvalue weighted by Gasteiger charge is 2.18. The fourth-order valence-corrected chi connectivity index (χ4v) is 2.78. The minimum Gasteiger partial charge on any atom is -0.493 e. The largest absolute Gasteiger partial charge is 0.493 e. The smallest absolute Gasteiger partial charge is 0.357 e. The molecule has 1 aromatic carbocycles. The van der Waals surface area contributed by atoms with Crippen LogP contribution in [0.3, 0.4) is 0 Å². The molecule has 0 radical (unpaired) electrons. The Labute approximate surface area is 155 Å². The van der Waals surface area contributed by atoms with E-state index in [0.29, 0.717) is 37.0 Å². The maximum atomic E-state index is 11.0. The molecule has 8 heteroatoms. The molecule has 2 aromatic heterocycles. The number of oxazole rings is 1. The summed E-state index contributed by atoms with van der Waals surface area (Å²) in [5, 5.41) is 9.02. The van der Waals surface area contributed by atoms with Crippen molar-refractivity contribution in [2.75, 3.05) is 14.2 Å². The van der Waals surface area contributed by atoms with Crippen LogP contribution in [-0.2, 0) is 19.6 Å². The van der Waals surface area contributed by atoms with E-state index in [1.165, 1.54) is 0 Å². The number of methoxy groups -OCH3 is 2. The van der Waals surface area contributed by atoms with E-state index in [2.05, 4.69) is 4.98 Å². The van der Waals surface area contributed by atoms with Crippen molar-refractivity contribution < 1.29 is 28.2 Å². The van der Waals surface area contributed by atoms with Gasteiger partial charge in [0.2, 0.25) is 5.89 Å². The van der Waals surface area contributed by atoms with E-state index in [1.54, 1.807) is 20.5 Å². The van der Waals surface area contributed by atoms with Gasteiger partial charge in [0.25, 0.3) is 0 Å². The van der Waals surface area contributed by atoms with Gasteiger partial charge in [-0.15, -0.1) is 0 Å². The van der Waals surface area contributed by atoms with Gasteiger partial charge in [0, 0.05) is 12.1 Å². The molecule has 0 saturated heterocycles. The lowest BCUT2D eigenvalue weighted by Crippen LogP contribution is -2.23. The quantitative estimate of drug-likeness (QED) is 0.611. The van der Waals surface area contributed by atoms with E-state index >= 15 is 0 Å². The molecular weight excluding hydrogens is 352 g/mol. The second-order valence-corrected chi connectivity index (χ2v) is 5.81. The highest BCUT2D eigenvalue weighted by Crippen LogP contribution is 2.32. The molecule has 8 nitrogen and oxygen atoms in total. The van der Waals surface area contributed by atoms with Gasteiger partial charge in [-0.05, 0) is 18.2 Å². The maximum Gasteiger partial charge on any atom is 0.357 e. The zero-order valence-electron chi connectivity index (χ0n) is 15.0. The second kappa shape index (κ2) is 8.41. The summed E-state index contributed by atoms with van der Waals surface area (Å²) in [6.07, 6.45) is 2.74. The molecule has 2 heterocycles. The number of carboxylic acid groups (broad SMARTS) is 1. The van der Waals surface area contributed by atoms with E-state index < -0.39 is 5.97 Å². The first-order valence-corrected chi connectivity index (χ1v) is 8.23. The fourth-order valence-electron chi connectivity index (χ4n) is 2.78. The molecule has 0 bridgehead atoms. The minimum atomic E-state index is -1.13. The van der Waals surface area contributed by atoms with Gasteiger partial charge in [-0.1, -0.05) is 12.1 Å². The number of para-hydroxylation sites is 1. The minimum absolute atomic E-state index is 0.123. The molecule has 0 saturated carbocycles. The van der Waals surface area contributed by atoms with Crippen LogP contribution in [0.4, 0.5) is 0 Å². The molecule has 3 rings (SSSR count).